The van der Waals surface area contributed by atoms with Gasteiger partial charge in [-0.3, -0.25) is 0 Å². The van der Waals surface area contributed by atoms with E-state index in [1.165, 1.54) is 44.9 Å². The van der Waals surface area contributed by atoms with Crippen LogP contribution in [0, 0.1) is 5.92 Å². The Bertz CT molecular complexity index is 432. The summed E-state index contributed by atoms with van der Waals surface area (Å²) in [5, 5.41) is 2.76. The maximum absolute atomic E-state index is 12.6. The van der Waals surface area contributed by atoms with Gasteiger partial charge in [-0.1, -0.05) is 77.2 Å². The van der Waals surface area contributed by atoms with Crippen molar-refractivity contribution in [2.45, 2.75) is 103 Å². The Balaban J connectivity index is 2.31. The Morgan fingerprint density at radius 2 is 1.61 bits per heavy atom. The lowest BCUT2D eigenvalue weighted by molar-refractivity contribution is -0.148. The monoisotopic (exact) mass is 395 g/mol. The van der Waals surface area contributed by atoms with Gasteiger partial charge < -0.3 is 14.8 Å². The first-order valence-corrected chi connectivity index (χ1v) is 11.4. The van der Waals surface area contributed by atoms with Crippen molar-refractivity contribution in [2.75, 3.05) is 13.2 Å². The number of rotatable bonds is 15. The summed E-state index contributed by atoms with van der Waals surface area (Å²) in [5.74, 6) is -0.165. The number of carbonyl (C=O) groups is 2. The molecular weight excluding hydrogens is 354 g/mol. The number of hydrogen-bond donors (Lipinski definition) is 1. The summed E-state index contributed by atoms with van der Waals surface area (Å²) in [7, 11) is 0. The number of nitrogens with one attached hydrogen (secondary N) is 1. The summed E-state index contributed by atoms with van der Waals surface area (Å²) >= 11 is 0. The molecule has 1 saturated carbocycles. The molecule has 1 fully saturated rings. The van der Waals surface area contributed by atoms with Gasteiger partial charge in [0.05, 0.1) is 13.2 Å². The molecule has 1 amide bonds. The van der Waals surface area contributed by atoms with E-state index in [2.05, 4.69) is 18.8 Å². The van der Waals surface area contributed by atoms with Crippen LogP contribution in [-0.4, -0.2) is 31.3 Å². The highest BCUT2D eigenvalue weighted by Gasteiger charge is 2.32. The second kappa shape index (κ2) is 16.4. The molecule has 1 unspecified atom stereocenters. The summed E-state index contributed by atoms with van der Waals surface area (Å²) in [5.41, 5.74) is 0. The molecule has 0 radical (unpaired) electrons. The molecular formula is C23H41NO4. The zero-order valence-corrected chi connectivity index (χ0v) is 17.9. The van der Waals surface area contributed by atoms with Crippen molar-refractivity contribution in [1.82, 2.24) is 5.32 Å². The van der Waals surface area contributed by atoms with Gasteiger partial charge in [0.15, 0.2) is 0 Å². The van der Waals surface area contributed by atoms with Gasteiger partial charge in [0.25, 0.3) is 0 Å². The third-order valence-electron chi connectivity index (χ3n) is 5.45. The highest BCUT2D eigenvalue weighted by molar-refractivity contribution is 5.81. The van der Waals surface area contributed by atoms with Gasteiger partial charge >= 0.3 is 12.1 Å². The van der Waals surface area contributed by atoms with E-state index in [-0.39, 0.29) is 18.5 Å². The summed E-state index contributed by atoms with van der Waals surface area (Å²) in [6.07, 6.45) is 16.7. The van der Waals surface area contributed by atoms with Crippen LogP contribution in [-0.2, 0) is 14.3 Å². The molecule has 0 aromatic heterocycles. The first-order valence-electron chi connectivity index (χ1n) is 11.4. The Kier molecular flexibility index (Phi) is 14.4. The standard InChI is InChI=1S/C23H41NO4/c1-3-5-7-8-9-10-11-15-19-27-22(25)21(20-16-13-12-14-17-20)24-23(26)28-18-6-4-2/h4,20-21H,2-3,5-19H2,1H3,(H,24,26). The molecule has 1 aliphatic carbocycles. The first kappa shape index (κ1) is 24.5. The molecule has 1 N–H and O–H groups in total. The van der Waals surface area contributed by atoms with Crippen molar-refractivity contribution in [3.63, 3.8) is 0 Å². The van der Waals surface area contributed by atoms with Crippen LogP contribution < -0.4 is 5.32 Å². The summed E-state index contributed by atoms with van der Waals surface area (Å²) in [6.45, 7) is 6.55. The van der Waals surface area contributed by atoms with Crippen molar-refractivity contribution in [3.8, 4) is 0 Å². The van der Waals surface area contributed by atoms with Crippen LogP contribution in [0.25, 0.3) is 0 Å². The van der Waals surface area contributed by atoms with Crippen LogP contribution in [0.15, 0.2) is 12.7 Å². The highest BCUT2D eigenvalue weighted by Crippen LogP contribution is 2.27. The molecule has 0 aromatic carbocycles. The molecule has 0 spiro atoms. The molecule has 1 rings (SSSR count). The quantitative estimate of drug-likeness (QED) is 0.212. The van der Waals surface area contributed by atoms with Crippen molar-refractivity contribution >= 4 is 12.1 Å². The van der Waals surface area contributed by atoms with Gasteiger partial charge in [-0.25, -0.2) is 9.59 Å². The minimum atomic E-state index is -0.592. The maximum Gasteiger partial charge on any atom is 0.407 e. The maximum atomic E-state index is 12.6. The van der Waals surface area contributed by atoms with E-state index >= 15 is 0 Å². The van der Waals surface area contributed by atoms with Gasteiger partial charge in [0, 0.05) is 0 Å². The van der Waals surface area contributed by atoms with Gasteiger partial charge in [-0.05, 0) is 31.6 Å². The highest BCUT2D eigenvalue weighted by atomic mass is 16.6. The van der Waals surface area contributed by atoms with E-state index in [9.17, 15) is 9.59 Å². The van der Waals surface area contributed by atoms with Gasteiger partial charge in [-0.15, -0.1) is 6.58 Å². The Labute approximate surface area is 171 Å². The predicted molar refractivity (Wildman–Crippen MR) is 113 cm³/mol. The van der Waals surface area contributed by atoms with Crippen molar-refractivity contribution in [2.24, 2.45) is 5.92 Å². The summed E-state index contributed by atoms with van der Waals surface area (Å²) in [6, 6.07) is -0.592. The molecule has 0 bridgehead atoms. The SMILES string of the molecule is C=CCCOC(=O)NC(C(=O)OCCCCCCCCCC)C1CCCCC1. The van der Waals surface area contributed by atoms with Crippen LogP contribution in [0.1, 0.15) is 96.8 Å². The lowest BCUT2D eigenvalue weighted by atomic mass is 9.84. The van der Waals surface area contributed by atoms with Crippen LogP contribution in [0.3, 0.4) is 0 Å². The molecule has 0 aliphatic heterocycles. The van der Waals surface area contributed by atoms with Crippen molar-refractivity contribution in [3.05, 3.63) is 12.7 Å². The number of alkyl carbamates (subject to hydrolysis) is 1. The van der Waals surface area contributed by atoms with Crippen LogP contribution in [0.5, 0.6) is 0 Å². The van der Waals surface area contributed by atoms with Crippen LogP contribution >= 0.6 is 0 Å². The van der Waals surface area contributed by atoms with Gasteiger partial charge in [-0.2, -0.15) is 0 Å². The van der Waals surface area contributed by atoms with Crippen LogP contribution in [0.4, 0.5) is 4.79 Å². The van der Waals surface area contributed by atoms with Crippen LogP contribution in [0.2, 0.25) is 0 Å². The Morgan fingerprint density at radius 3 is 2.25 bits per heavy atom. The number of hydrogen-bond acceptors (Lipinski definition) is 4. The van der Waals surface area contributed by atoms with E-state index < -0.39 is 12.1 Å². The lowest BCUT2D eigenvalue weighted by Gasteiger charge is -2.29. The average molecular weight is 396 g/mol. The minimum Gasteiger partial charge on any atom is -0.464 e. The zero-order chi connectivity index (χ0) is 20.5. The Hall–Kier alpha value is -1.52. The van der Waals surface area contributed by atoms with E-state index in [4.69, 9.17) is 9.47 Å². The number of amides is 1. The molecule has 5 nitrogen and oxygen atoms in total. The molecule has 162 valence electrons. The van der Waals surface area contributed by atoms with Gasteiger partial charge in [0.1, 0.15) is 6.04 Å². The normalized spacial score (nSPS) is 15.6. The van der Waals surface area contributed by atoms with E-state index in [0.717, 1.165) is 38.5 Å². The third kappa shape index (κ3) is 11.4. The second-order valence-electron chi connectivity index (χ2n) is 7.88. The molecule has 0 saturated heterocycles. The topological polar surface area (TPSA) is 64.6 Å². The smallest absolute Gasteiger partial charge is 0.407 e. The summed E-state index contributed by atoms with van der Waals surface area (Å²) in [4.78, 5) is 24.6. The minimum absolute atomic E-state index is 0.145. The zero-order valence-electron chi connectivity index (χ0n) is 17.9. The Morgan fingerprint density at radius 1 is 0.964 bits per heavy atom. The molecule has 28 heavy (non-hydrogen) atoms. The predicted octanol–water partition coefficient (Wildman–Crippen LogP) is 5.92. The first-order chi connectivity index (χ1) is 13.7. The molecule has 5 heteroatoms. The van der Waals surface area contributed by atoms with E-state index in [1.54, 1.807) is 6.08 Å². The summed E-state index contributed by atoms with van der Waals surface area (Å²) < 4.78 is 10.6. The number of carbonyl (C=O) groups excluding carboxylic acids is 2. The van der Waals surface area contributed by atoms with Crippen molar-refractivity contribution < 1.29 is 19.1 Å². The van der Waals surface area contributed by atoms with E-state index in [0.29, 0.717) is 13.0 Å². The van der Waals surface area contributed by atoms with E-state index in [1.807, 2.05) is 0 Å². The van der Waals surface area contributed by atoms with Crippen molar-refractivity contribution in [1.29, 1.82) is 0 Å². The average Bonchev–Trinajstić information content (AvgIpc) is 2.71. The van der Waals surface area contributed by atoms with Gasteiger partial charge in [0.2, 0.25) is 0 Å². The number of unbranched alkanes of at least 4 members (excludes halogenated alkanes) is 7. The third-order valence-corrected chi connectivity index (χ3v) is 5.45. The number of ether oxygens (including phenoxy) is 2. The molecule has 0 aromatic rings. The fourth-order valence-electron chi connectivity index (χ4n) is 3.74. The molecule has 1 aliphatic rings. The fraction of sp³-hybridized carbons (Fsp3) is 0.826. The molecule has 0 heterocycles. The largest absolute Gasteiger partial charge is 0.464 e. The second-order valence-corrected chi connectivity index (χ2v) is 7.88. The number of esters is 1. The lowest BCUT2D eigenvalue weighted by Crippen LogP contribution is -2.47. The molecule has 1 atom stereocenters. The fourth-order valence-corrected chi connectivity index (χ4v) is 3.74.